The summed E-state index contributed by atoms with van der Waals surface area (Å²) in [6, 6.07) is 3.78. The molecule has 0 spiro atoms. The van der Waals surface area contributed by atoms with E-state index in [1.807, 2.05) is 0 Å². The lowest BCUT2D eigenvalue weighted by atomic mass is 10.2. The summed E-state index contributed by atoms with van der Waals surface area (Å²) in [5.74, 6) is -1.32. The number of ether oxygens (including phenoxy) is 1. The van der Waals surface area contributed by atoms with Crippen molar-refractivity contribution in [1.29, 1.82) is 0 Å². The number of alkyl halides is 2. The topological polar surface area (TPSA) is 59.3 Å². The molecular formula is C13H14F3N3O2. The van der Waals surface area contributed by atoms with Crippen LogP contribution in [-0.2, 0) is 13.1 Å². The van der Waals surface area contributed by atoms with Crippen molar-refractivity contribution in [2.45, 2.75) is 19.7 Å². The van der Waals surface area contributed by atoms with Crippen LogP contribution < -0.4 is 10.1 Å². The number of hydrogen-bond donors (Lipinski definition) is 2. The fourth-order valence-electron chi connectivity index (χ4n) is 1.73. The van der Waals surface area contributed by atoms with Gasteiger partial charge in [-0.1, -0.05) is 6.07 Å². The number of anilines is 1. The van der Waals surface area contributed by atoms with Gasteiger partial charge in [0.2, 0.25) is 0 Å². The molecule has 1 heterocycles. The quantitative estimate of drug-likeness (QED) is 0.823. The van der Waals surface area contributed by atoms with Crippen LogP contribution in [0, 0.1) is 5.82 Å². The molecule has 0 radical (unpaired) electrons. The zero-order chi connectivity index (χ0) is 15.2. The number of benzene rings is 1. The van der Waals surface area contributed by atoms with Crippen LogP contribution in [0.1, 0.15) is 5.56 Å². The van der Waals surface area contributed by atoms with Gasteiger partial charge in [0.15, 0.2) is 11.6 Å². The average Bonchev–Trinajstić information content (AvgIpc) is 2.87. The van der Waals surface area contributed by atoms with Crippen LogP contribution in [0.2, 0.25) is 0 Å². The van der Waals surface area contributed by atoms with Crippen LogP contribution in [-0.4, -0.2) is 28.1 Å². The van der Waals surface area contributed by atoms with Crippen molar-refractivity contribution < 1.29 is 23.0 Å². The SMILES string of the molecule is OCCn1cc(NCc2ccc(OC(F)F)c(F)c2)cn1. The number of halogens is 3. The Morgan fingerprint density at radius 1 is 1.38 bits per heavy atom. The summed E-state index contributed by atoms with van der Waals surface area (Å²) in [6.07, 6.45) is 3.27. The summed E-state index contributed by atoms with van der Waals surface area (Å²) in [5, 5.41) is 15.8. The van der Waals surface area contributed by atoms with Crippen LogP contribution in [0.5, 0.6) is 5.75 Å². The first-order chi connectivity index (χ1) is 10.1. The molecule has 2 rings (SSSR count). The van der Waals surface area contributed by atoms with Gasteiger partial charge in [0, 0.05) is 12.7 Å². The summed E-state index contributed by atoms with van der Waals surface area (Å²) in [7, 11) is 0. The van der Waals surface area contributed by atoms with Crippen molar-refractivity contribution in [3.8, 4) is 5.75 Å². The minimum absolute atomic E-state index is 0.0159. The molecule has 2 aromatic rings. The standard InChI is InChI=1S/C13H14F3N3O2/c14-11-5-9(1-2-12(11)21-13(15)16)6-17-10-7-18-19(8-10)3-4-20/h1-2,5,7-8,13,17,20H,3-4,6H2. The van der Waals surface area contributed by atoms with Crippen LogP contribution >= 0.6 is 0 Å². The maximum atomic E-state index is 13.5. The van der Waals surface area contributed by atoms with E-state index in [0.29, 0.717) is 24.3 Å². The fraction of sp³-hybridized carbons (Fsp3) is 0.308. The second-order valence-electron chi connectivity index (χ2n) is 4.21. The Balaban J connectivity index is 1.94. The van der Waals surface area contributed by atoms with Crippen LogP contribution in [0.4, 0.5) is 18.9 Å². The van der Waals surface area contributed by atoms with E-state index in [1.54, 1.807) is 17.1 Å². The van der Waals surface area contributed by atoms with Crippen molar-refractivity contribution in [1.82, 2.24) is 9.78 Å². The minimum Gasteiger partial charge on any atom is -0.432 e. The molecule has 0 saturated heterocycles. The number of hydrogen-bond acceptors (Lipinski definition) is 4. The molecule has 21 heavy (non-hydrogen) atoms. The molecule has 5 nitrogen and oxygen atoms in total. The maximum absolute atomic E-state index is 13.5. The highest BCUT2D eigenvalue weighted by Crippen LogP contribution is 2.21. The van der Waals surface area contributed by atoms with Crippen LogP contribution in [0.25, 0.3) is 0 Å². The Bertz CT molecular complexity index is 590. The molecule has 1 aromatic carbocycles. The predicted octanol–water partition coefficient (Wildman–Crippen LogP) is 2.23. The van der Waals surface area contributed by atoms with Crippen molar-refractivity contribution in [3.63, 3.8) is 0 Å². The fourth-order valence-corrected chi connectivity index (χ4v) is 1.73. The molecule has 0 bridgehead atoms. The average molecular weight is 301 g/mol. The second kappa shape index (κ2) is 6.98. The van der Waals surface area contributed by atoms with Gasteiger partial charge in [0.25, 0.3) is 0 Å². The molecule has 0 unspecified atom stereocenters. The number of nitrogens with one attached hydrogen (secondary N) is 1. The molecule has 2 N–H and O–H groups in total. The molecule has 0 saturated carbocycles. The summed E-state index contributed by atoms with van der Waals surface area (Å²) < 4.78 is 43.1. The number of aliphatic hydroxyl groups excluding tert-OH is 1. The Morgan fingerprint density at radius 3 is 2.86 bits per heavy atom. The molecule has 0 amide bonds. The first kappa shape index (κ1) is 15.2. The number of nitrogens with zero attached hydrogens (tertiary/aromatic N) is 2. The molecule has 0 fully saturated rings. The predicted molar refractivity (Wildman–Crippen MR) is 69.7 cm³/mol. The summed E-state index contributed by atoms with van der Waals surface area (Å²) in [4.78, 5) is 0. The van der Waals surface area contributed by atoms with E-state index in [2.05, 4.69) is 15.2 Å². The first-order valence-electron chi connectivity index (χ1n) is 6.19. The van der Waals surface area contributed by atoms with Gasteiger partial charge in [0.1, 0.15) is 0 Å². The van der Waals surface area contributed by atoms with Gasteiger partial charge in [-0.3, -0.25) is 4.68 Å². The number of rotatable bonds is 7. The van der Waals surface area contributed by atoms with Gasteiger partial charge >= 0.3 is 6.61 Å². The van der Waals surface area contributed by atoms with Gasteiger partial charge in [-0.15, -0.1) is 0 Å². The van der Waals surface area contributed by atoms with Gasteiger partial charge in [0.05, 0.1) is 25.0 Å². The Hall–Kier alpha value is -2.22. The largest absolute Gasteiger partial charge is 0.432 e. The molecule has 114 valence electrons. The van der Waals surface area contributed by atoms with E-state index >= 15 is 0 Å². The van der Waals surface area contributed by atoms with Crippen LogP contribution in [0.3, 0.4) is 0 Å². The third-order valence-corrected chi connectivity index (χ3v) is 2.67. The smallest absolute Gasteiger partial charge is 0.387 e. The Morgan fingerprint density at radius 2 is 2.19 bits per heavy atom. The maximum Gasteiger partial charge on any atom is 0.387 e. The summed E-state index contributed by atoms with van der Waals surface area (Å²) >= 11 is 0. The van der Waals surface area contributed by atoms with Crippen molar-refractivity contribution >= 4 is 5.69 Å². The minimum atomic E-state index is -3.05. The normalized spacial score (nSPS) is 10.9. The lowest BCUT2D eigenvalue weighted by Gasteiger charge is -2.08. The monoisotopic (exact) mass is 301 g/mol. The van der Waals surface area contributed by atoms with E-state index in [-0.39, 0.29) is 6.61 Å². The number of aromatic nitrogens is 2. The summed E-state index contributed by atoms with van der Waals surface area (Å²) in [6.45, 7) is -2.38. The van der Waals surface area contributed by atoms with Gasteiger partial charge < -0.3 is 15.2 Å². The van der Waals surface area contributed by atoms with Gasteiger partial charge in [-0.05, 0) is 17.7 Å². The summed E-state index contributed by atoms with van der Waals surface area (Å²) in [5.41, 5.74) is 1.28. The Labute approximate surface area is 119 Å². The van der Waals surface area contributed by atoms with Crippen molar-refractivity contribution in [3.05, 3.63) is 42.0 Å². The molecule has 8 heteroatoms. The van der Waals surface area contributed by atoms with E-state index in [1.165, 1.54) is 6.07 Å². The molecule has 0 aliphatic carbocycles. The molecular weight excluding hydrogens is 287 g/mol. The highest BCUT2D eigenvalue weighted by molar-refractivity contribution is 5.40. The van der Waals surface area contributed by atoms with E-state index in [0.717, 1.165) is 12.1 Å². The molecule has 1 aromatic heterocycles. The zero-order valence-electron chi connectivity index (χ0n) is 11.0. The molecule has 0 aliphatic heterocycles. The number of aliphatic hydroxyl groups is 1. The second-order valence-corrected chi connectivity index (χ2v) is 4.21. The van der Waals surface area contributed by atoms with E-state index in [9.17, 15) is 13.2 Å². The van der Waals surface area contributed by atoms with Gasteiger partial charge in [-0.25, -0.2) is 4.39 Å². The van der Waals surface area contributed by atoms with Gasteiger partial charge in [-0.2, -0.15) is 13.9 Å². The molecule has 0 aliphatic rings. The first-order valence-corrected chi connectivity index (χ1v) is 6.19. The van der Waals surface area contributed by atoms with Crippen LogP contribution in [0.15, 0.2) is 30.6 Å². The lowest BCUT2D eigenvalue weighted by molar-refractivity contribution is -0.0522. The van der Waals surface area contributed by atoms with E-state index < -0.39 is 18.2 Å². The Kier molecular flexibility index (Phi) is 5.04. The zero-order valence-corrected chi connectivity index (χ0v) is 11.0. The highest BCUT2D eigenvalue weighted by atomic mass is 19.3. The van der Waals surface area contributed by atoms with Crippen molar-refractivity contribution in [2.75, 3.05) is 11.9 Å². The highest BCUT2D eigenvalue weighted by Gasteiger charge is 2.10. The van der Waals surface area contributed by atoms with E-state index in [4.69, 9.17) is 5.11 Å². The third kappa shape index (κ3) is 4.38. The third-order valence-electron chi connectivity index (χ3n) is 2.67. The van der Waals surface area contributed by atoms with Crippen molar-refractivity contribution in [2.24, 2.45) is 0 Å². The lowest BCUT2D eigenvalue weighted by Crippen LogP contribution is -2.05. The molecule has 0 atom stereocenters.